The van der Waals surface area contributed by atoms with Crippen molar-refractivity contribution in [2.24, 2.45) is 0 Å². The number of nitro groups is 1. The van der Waals surface area contributed by atoms with Gasteiger partial charge in [0.1, 0.15) is 0 Å². The van der Waals surface area contributed by atoms with E-state index in [0.29, 0.717) is 0 Å². The van der Waals surface area contributed by atoms with E-state index in [2.05, 4.69) is 22.2 Å². The summed E-state index contributed by atoms with van der Waals surface area (Å²) in [5.74, 6) is 0.172. The van der Waals surface area contributed by atoms with Gasteiger partial charge in [0.25, 0.3) is 0 Å². The smallest absolute Gasteiger partial charge is 0.338 e. The average molecular weight is 299 g/mol. The second kappa shape index (κ2) is 6.01. The standard InChI is InChI=1S/C16H17N3O3/c1-12-16(19(20)21)15(22-17-12)9-6-13-4-7-14(8-5-13)18-10-2-3-11-18/h4-9H,2-3,10-11H2,1H3/b9-6+. The fraction of sp³-hybridized carbons (Fsp3) is 0.312. The highest BCUT2D eigenvalue weighted by Gasteiger charge is 2.21. The number of benzene rings is 1. The number of hydrogen-bond acceptors (Lipinski definition) is 5. The summed E-state index contributed by atoms with van der Waals surface area (Å²) < 4.78 is 5.00. The molecule has 1 aliphatic heterocycles. The summed E-state index contributed by atoms with van der Waals surface area (Å²) in [5.41, 5.74) is 2.39. The van der Waals surface area contributed by atoms with Crippen LogP contribution in [0.5, 0.6) is 0 Å². The third-order valence-corrected chi connectivity index (χ3v) is 3.83. The van der Waals surface area contributed by atoms with Crippen molar-refractivity contribution in [1.82, 2.24) is 5.16 Å². The van der Waals surface area contributed by atoms with Gasteiger partial charge in [-0.2, -0.15) is 0 Å². The zero-order valence-electron chi connectivity index (χ0n) is 12.4. The summed E-state index contributed by atoms with van der Waals surface area (Å²) in [6.07, 6.45) is 5.87. The number of nitrogens with zero attached hydrogens (tertiary/aromatic N) is 3. The van der Waals surface area contributed by atoms with Gasteiger partial charge in [-0.3, -0.25) is 10.1 Å². The Hall–Kier alpha value is -2.63. The normalized spacial score (nSPS) is 14.9. The summed E-state index contributed by atoms with van der Waals surface area (Å²) >= 11 is 0. The van der Waals surface area contributed by atoms with Crippen LogP contribution < -0.4 is 4.90 Å². The highest BCUT2D eigenvalue weighted by Crippen LogP contribution is 2.25. The van der Waals surface area contributed by atoms with Gasteiger partial charge in [0.2, 0.25) is 5.76 Å². The maximum Gasteiger partial charge on any atom is 0.338 e. The molecule has 2 heterocycles. The quantitative estimate of drug-likeness (QED) is 0.636. The topological polar surface area (TPSA) is 72.4 Å². The van der Waals surface area contributed by atoms with Crippen LogP contribution in [0.1, 0.15) is 29.9 Å². The highest BCUT2D eigenvalue weighted by atomic mass is 16.6. The predicted molar refractivity (Wildman–Crippen MR) is 84.7 cm³/mol. The maximum absolute atomic E-state index is 11.0. The summed E-state index contributed by atoms with van der Waals surface area (Å²) in [6.45, 7) is 3.78. The van der Waals surface area contributed by atoms with E-state index in [4.69, 9.17) is 4.52 Å². The van der Waals surface area contributed by atoms with Gasteiger partial charge in [-0.25, -0.2) is 0 Å². The molecular formula is C16H17N3O3. The van der Waals surface area contributed by atoms with Gasteiger partial charge in [-0.15, -0.1) is 0 Å². The van der Waals surface area contributed by atoms with Crippen molar-refractivity contribution in [3.63, 3.8) is 0 Å². The lowest BCUT2D eigenvalue weighted by atomic mass is 10.1. The first-order chi connectivity index (χ1) is 10.6. The van der Waals surface area contributed by atoms with Crippen molar-refractivity contribution in [1.29, 1.82) is 0 Å². The monoisotopic (exact) mass is 299 g/mol. The maximum atomic E-state index is 11.0. The van der Waals surface area contributed by atoms with Gasteiger partial charge >= 0.3 is 5.69 Å². The Kier molecular flexibility index (Phi) is 3.91. The Bertz CT molecular complexity index is 698. The second-order valence-electron chi connectivity index (χ2n) is 5.36. The molecule has 1 aliphatic rings. The van der Waals surface area contributed by atoms with Crippen LogP contribution in [-0.4, -0.2) is 23.2 Å². The van der Waals surface area contributed by atoms with Crippen LogP contribution in [0.4, 0.5) is 11.4 Å². The fourth-order valence-electron chi connectivity index (χ4n) is 2.66. The number of anilines is 1. The Labute approximate surface area is 128 Å². The molecule has 3 rings (SSSR count). The molecule has 22 heavy (non-hydrogen) atoms. The largest absolute Gasteiger partial charge is 0.372 e. The van der Waals surface area contributed by atoms with E-state index in [1.165, 1.54) is 18.5 Å². The molecule has 0 radical (unpaired) electrons. The minimum Gasteiger partial charge on any atom is -0.372 e. The zero-order chi connectivity index (χ0) is 15.5. The van der Waals surface area contributed by atoms with Crippen molar-refractivity contribution in [3.05, 3.63) is 51.4 Å². The lowest BCUT2D eigenvalue weighted by molar-refractivity contribution is -0.386. The molecule has 6 heteroatoms. The van der Waals surface area contributed by atoms with E-state index >= 15 is 0 Å². The highest BCUT2D eigenvalue weighted by molar-refractivity contribution is 5.72. The van der Waals surface area contributed by atoms with Crippen molar-refractivity contribution in [2.75, 3.05) is 18.0 Å². The molecule has 1 aromatic heterocycles. The van der Waals surface area contributed by atoms with Crippen LogP contribution in [0.3, 0.4) is 0 Å². The molecular weight excluding hydrogens is 282 g/mol. The molecule has 0 bridgehead atoms. The van der Waals surface area contributed by atoms with E-state index < -0.39 is 4.92 Å². The minimum absolute atomic E-state index is 0.0788. The van der Waals surface area contributed by atoms with Crippen molar-refractivity contribution >= 4 is 23.5 Å². The van der Waals surface area contributed by atoms with Gasteiger partial charge < -0.3 is 9.42 Å². The SMILES string of the molecule is Cc1noc(/C=C/c2ccc(N3CCCC3)cc2)c1[N+](=O)[O-]. The Balaban J connectivity index is 1.77. The predicted octanol–water partition coefficient (Wildman–Crippen LogP) is 3.66. The first-order valence-electron chi connectivity index (χ1n) is 7.29. The second-order valence-corrected chi connectivity index (χ2v) is 5.36. The Morgan fingerprint density at radius 2 is 1.91 bits per heavy atom. The van der Waals surface area contributed by atoms with Crippen LogP contribution in [0.2, 0.25) is 0 Å². The summed E-state index contributed by atoms with van der Waals surface area (Å²) in [7, 11) is 0. The van der Waals surface area contributed by atoms with E-state index in [-0.39, 0.29) is 17.1 Å². The van der Waals surface area contributed by atoms with Gasteiger partial charge in [0.05, 0.1) is 4.92 Å². The van der Waals surface area contributed by atoms with Gasteiger partial charge in [-0.1, -0.05) is 23.4 Å². The summed E-state index contributed by atoms with van der Waals surface area (Å²) in [5, 5.41) is 14.6. The molecule has 6 nitrogen and oxygen atoms in total. The molecule has 0 atom stereocenters. The lowest BCUT2D eigenvalue weighted by Crippen LogP contribution is -2.17. The molecule has 114 valence electrons. The minimum atomic E-state index is -0.470. The van der Waals surface area contributed by atoms with Gasteiger partial charge in [-0.05, 0) is 43.5 Å². The molecule has 0 saturated carbocycles. The molecule has 1 fully saturated rings. The summed E-state index contributed by atoms with van der Waals surface area (Å²) in [4.78, 5) is 12.9. The first kappa shape index (κ1) is 14.3. The first-order valence-corrected chi connectivity index (χ1v) is 7.29. The van der Waals surface area contributed by atoms with Crippen LogP contribution >= 0.6 is 0 Å². The van der Waals surface area contributed by atoms with E-state index in [1.807, 2.05) is 12.1 Å². The van der Waals surface area contributed by atoms with Crippen molar-refractivity contribution < 1.29 is 9.45 Å². The van der Waals surface area contributed by atoms with Crippen LogP contribution in [-0.2, 0) is 0 Å². The third-order valence-electron chi connectivity index (χ3n) is 3.83. The number of aromatic nitrogens is 1. The lowest BCUT2D eigenvalue weighted by Gasteiger charge is -2.17. The molecule has 1 aromatic carbocycles. The van der Waals surface area contributed by atoms with E-state index in [0.717, 1.165) is 18.7 Å². The number of hydrogen-bond donors (Lipinski definition) is 0. The van der Waals surface area contributed by atoms with Crippen LogP contribution in [0.25, 0.3) is 12.2 Å². The third kappa shape index (κ3) is 2.86. The van der Waals surface area contributed by atoms with Crippen molar-refractivity contribution in [2.45, 2.75) is 19.8 Å². The molecule has 0 spiro atoms. The van der Waals surface area contributed by atoms with Gasteiger partial charge in [0, 0.05) is 18.8 Å². The molecule has 0 N–H and O–H groups in total. The summed E-state index contributed by atoms with van der Waals surface area (Å²) in [6, 6.07) is 8.15. The zero-order valence-corrected chi connectivity index (χ0v) is 12.4. The fourth-order valence-corrected chi connectivity index (χ4v) is 2.66. The van der Waals surface area contributed by atoms with E-state index in [1.54, 1.807) is 19.1 Å². The molecule has 2 aromatic rings. The average Bonchev–Trinajstić information content (AvgIpc) is 3.15. The Morgan fingerprint density at radius 1 is 1.23 bits per heavy atom. The number of rotatable bonds is 4. The molecule has 0 amide bonds. The van der Waals surface area contributed by atoms with Gasteiger partial charge in [0.15, 0.2) is 5.69 Å². The van der Waals surface area contributed by atoms with E-state index in [9.17, 15) is 10.1 Å². The Morgan fingerprint density at radius 3 is 2.55 bits per heavy atom. The van der Waals surface area contributed by atoms with Crippen LogP contribution in [0, 0.1) is 17.0 Å². The number of aryl methyl sites for hydroxylation is 1. The van der Waals surface area contributed by atoms with Crippen molar-refractivity contribution in [3.8, 4) is 0 Å². The molecule has 1 saturated heterocycles. The molecule has 0 unspecified atom stereocenters. The van der Waals surface area contributed by atoms with Crippen LogP contribution in [0.15, 0.2) is 28.8 Å². The molecule has 0 aliphatic carbocycles.